The maximum absolute atomic E-state index is 12.3. The fourth-order valence-electron chi connectivity index (χ4n) is 2.13. The minimum absolute atomic E-state index is 0.143. The molecule has 1 aromatic carbocycles. The van der Waals surface area contributed by atoms with Crippen LogP contribution < -0.4 is 4.74 Å². The van der Waals surface area contributed by atoms with Gasteiger partial charge in [0.1, 0.15) is 16.5 Å². The summed E-state index contributed by atoms with van der Waals surface area (Å²) in [5.41, 5.74) is 1.23. The van der Waals surface area contributed by atoms with Crippen LogP contribution in [0.25, 0.3) is 10.6 Å². The molecule has 1 heterocycles. The summed E-state index contributed by atoms with van der Waals surface area (Å²) >= 11 is 1.38. The molecular formula is C17H20N2O4S. The Morgan fingerprint density at radius 2 is 2.00 bits per heavy atom. The van der Waals surface area contributed by atoms with Crippen molar-refractivity contribution in [2.24, 2.45) is 5.92 Å². The molecule has 1 aromatic heterocycles. The maximum atomic E-state index is 12.3. The third-order valence-electron chi connectivity index (χ3n) is 3.45. The second-order valence-corrected chi connectivity index (χ2v) is 6.28. The molecule has 0 bridgehead atoms. The van der Waals surface area contributed by atoms with E-state index in [2.05, 4.69) is 4.98 Å². The summed E-state index contributed by atoms with van der Waals surface area (Å²) in [4.78, 5) is 29.0. The Morgan fingerprint density at radius 3 is 2.58 bits per heavy atom. The average Bonchev–Trinajstić information content (AvgIpc) is 3.04. The first-order valence-electron chi connectivity index (χ1n) is 7.59. The number of thiazole rings is 1. The third-order valence-corrected chi connectivity index (χ3v) is 4.34. The predicted octanol–water partition coefficient (Wildman–Crippen LogP) is 3.00. The number of carboxylic acid groups (broad SMARTS) is 1. The van der Waals surface area contributed by atoms with Gasteiger partial charge < -0.3 is 14.7 Å². The lowest BCUT2D eigenvalue weighted by Gasteiger charge is -2.18. The number of rotatable bonds is 7. The number of aromatic nitrogens is 1. The molecule has 0 spiro atoms. The van der Waals surface area contributed by atoms with Gasteiger partial charge >= 0.3 is 5.97 Å². The third kappa shape index (κ3) is 4.32. The van der Waals surface area contributed by atoms with Gasteiger partial charge in [0.05, 0.1) is 12.5 Å². The van der Waals surface area contributed by atoms with Crippen LogP contribution in [0.2, 0.25) is 0 Å². The molecule has 1 amide bonds. The zero-order chi connectivity index (χ0) is 17.7. The van der Waals surface area contributed by atoms with Crippen LogP contribution in [0, 0.1) is 5.92 Å². The summed E-state index contributed by atoms with van der Waals surface area (Å²) < 4.78 is 5.40. The van der Waals surface area contributed by atoms with Gasteiger partial charge in [-0.1, -0.05) is 6.92 Å². The van der Waals surface area contributed by atoms with Crippen LogP contribution in [0.5, 0.6) is 5.75 Å². The van der Waals surface area contributed by atoms with E-state index in [9.17, 15) is 9.59 Å². The van der Waals surface area contributed by atoms with Gasteiger partial charge in [0, 0.05) is 24.5 Å². The van der Waals surface area contributed by atoms with Gasteiger partial charge in [-0.25, -0.2) is 4.98 Å². The van der Waals surface area contributed by atoms with Crippen LogP contribution in [-0.2, 0) is 4.79 Å². The Kier molecular flexibility index (Phi) is 5.92. The lowest BCUT2D eigenvalue weighted by atomic mass is 10.2. The molecule has 0 fully saturated rings. The van der Waals surface area contributed by atoms with Crippen molar-refractivity contribution < 1.29 is 19.4 Å². The Hall–Kier alpha value is -2.41. The summed E-state index contributed by atoms with van der Waals surface area (Å²) in [6, 6.07) is 7.52. The normalized spacial score (nSPS) is 11.8. The molecular weight excluding hydrogens is 328 g/mol. The highest BCUT2D eigenvalue weighted by molar-refractivity contribution is 7.13. The zero-order valence-electron chi connectivity index (χ0n) is 13.9. The van der Waals surface area contributed by atoms with Crippen molar-refractivity contribution in [1.82, 2.24) is 9.88 Å². The highest BCUT2D eigenvalue weighted by Gasteiger charge is 2.20. The van der Waals surface area contributed by atoms with Gasteiger partial charge in [-0.3, -0.25) is 9.59 Å². The van der Waals surface area contributed by atoms with E-state index in [-0.39, 0.29) is 12.5 Å². The van der Waals surface area contributed by atoms with Crippen molar-refractivity contribution in [2.45, 2.75) is 13.8 Å². The van der Waals surface area contributed by atoms with Gasteiger partial charge in [0.15, 0.2) is 0 Å². The van der Waals surface area contributed by atoms with Gasteiger partial charge in [0.25, 0.3) is 5.91 Å². The number of ether oxygens (including phenoxy) is 1. The van der Waals surface area contributed by atoms with E-state index in [1.807, 2.05) is 31.2 Å². The molecule has 0 aliphatic heterocycles. The summed E-state index contributed by atoms with van der Waals surface area (Å²) in [5, 5.41) is 11.4. The molecule has 24 heavy (non-hydrogen) atoms. The van der Waals surface area contributed by atoms with Crippen LogP contribution in [0.1, 0.15) is 24.3 Å². The summed E-state index contributed by atoms with van der Waals surface area (Å²) in [7, 11) is 1.58. The van der Waals surface area contributed by atoms with E-state index < -0.39 is 11.9 Å². The van der Waals surface area contributed by atoms with Crippen molar-refractivity contribution in [1.29, 1.82) is 0 Å². The quantitative estimate of drug-likeness (QED) is 0.832. The number of hydrogen-bond acceptors (Lipinski definition) is 5. The van der Waals surface area contributed by atoms with Crippen LogP contribution in [0.15, 0.2) is 29.6 Å². The molecule has 2 aromatic rings. The number of carbonyl (C=O) groups is 2. The van der Waals surface area contributed by atoms with E-state index >= 15 is 0 Å². The second-order valence-electron chi connectivity index (χ2n) is 5.42. The van der Waals surface area contributed by atoms with E-state index in [1.165, 1.54) is 16.2 Å². The van der Waals surface area contributed by atoms with Crippen LogP contribution in [0.3, 0.4) is 0 Å². The number of carboxylic acids is 1. The van der Waals surface area contributed by atoms with Gasteiger partial charge in [-0.15, -0.1) is 11.3 Å². The first kappa shape index (κ1) is 17.9. The summed E-state index contributed by atoms with van der Waals surface area (Å²) in [5.74, 6) is -1.04. The highest BCUT2D eigenvalue weighted by atomic mass is 32.1. The number of hydrogen-bond donors (Lipinski definition) is 1. The lowest BCUT2D eigenvalue weighted by Crippen LogP contribution is -2.33. The van der Waals surface area contributed by atoms with E-state index in [0.717, 1.165) is 16.3 Å². The van der Waals surface area contributed by atoms with Gasteiger partial charge in [0.2, 0.25) is 0 Å². The summed E-state index contributed by atoms with van der Waals surface area (Å²) in [6.45, 7) is 4.24. The Balaban J connectivity index is 2.09. The molecule has 0 aliphatic carbocycles. The number of amides is 1. The Morgan fingerprint density at radius 1 is 1.33 bits per heavy atom. The zero-order valence-corrected chi connectivity index (χ0v) is 14.7. The molecule has 2 rings (SSSR count). The van der Waals surface area contributed by atoms with Crippen molar-refractivity contribution in [2.75, 3.05) is 20.2 Å². The molecule has 6 nitrogen and oxygen atoms in total. The number of aliphatic carboxylic acids is 1. The first-order chi connectivity index (χ1) is 11.4. The summed E-state index contributed by atoms with van der Waals surface area (Å²) in [6.07, 6.45) is 0. The topological polar surface area (TPSA) is 79.7 Å². The van der Waals surface area contributed by atoms with Crippen molar-refractivity contribution in [3.8, 4) is 16.3 Å². The molecule has 128 valence electrons. The van der Waals surface area contributed by atoms with Crippen molar-refractivity contribution in [3.63, 3.8) is 0 Å². The van der Waals surface area contributed by atoms with E-state index in [0.29, 0.717) is 12.3 Å². The van der Waals surface area contributed by atoms with Crippen LogP contribution in [0.4, 0.5) is 0 Å². The number of carbonyl (C=O) groups excluding carboxylic acids is 1. The minimum atomic E-state index is -0.928. The molecule has 1 atom stereocenters. The van der Waals surface area contributed by atoms with Gasteiger partial charge in [-0.05, 0) is 31.2 Å². The monoisotopic (exact) mass is 348 g/mol. The van der Waals surface area contributed by atoms with E-state index in [4.69, 9.17) is 9.84 Å². The van der Waals surface area contributed by atoms with E-state index in [1.54, 1.807) is 19.4 Å². The average molecular weight is 348 g/mol. The molecule has 0 saturated heterocycles. The SMILES string of the molecule is CCOc1ccc(-c2nc(C(=O)N(C)CC(C)C(=O)O)cs2)cc1. The minimum Gasteiger partial charge on any atom is -0.494 e. The fraction of sp³-hybridized carbons (Fsp3) is 0.353. The molecule has 0 saturated carbocycles. The fourth-order valence-corrected chi connectivity index (χ4v) is 2.93. The largest absolute Gasteiger partial charge is 0.494 e. The van der Waals surface area contributed by atoms with Gasteiger partial charge in [-0.2, -0.15) is 0 Å². The second kappa shape index (κ2) is 7.92. The standard InChI is InChI=1S/C17H20N2O4S/c1-4-23-13-7-5-12(6-8-13)15-18-14(10-24-15)16(20)19(3)9-11(2)17(21)22/h5-8,10-11H,4,9H2,1-3H3,(H,21,22). The highest BCUT2D eigenvalue weighted by Crippen LogP contribution is 2.26. The Labute approximate surface area is 144 Å². The molecule has 7 heteroatoms. The van der Waals surface area contributed by atoms with Crippen LogP contribution >= 0.6 is 11.3 Å². The van der Waals surface area contributed by atoms with Crippen molar-refractivity contribution >= 4 is 23.2 Å². The first-order valence-corrected chi connectivity index (χ1v) is 8.47. The van der Waals surface area contributed by atoms with Crippen LogP contribution in [-0.4, -0.2) is 47.1 Å². The molecule has 0 aliphatic rings. The molecule has 1 unspecified atom stereocenters. The lowest BCUT2D eigenvalue weighted by molar-refractivity contribution is -0.141. The smallest absolute Gasteiger partial charge is 0.308 e. The number of benzene rings is 1. The predicted molar refractivity (Wildman–Crippen MR) is 92.5 cm³/mol. The molecule has 1 N–H and O–H groups in total. The maximum Gasteiger partial charge on any atom is 0.308 e. The molecule has 0 radical (unpaired) electrons. The number of nitrogens with zero attached hydrogens (tertiary/aromatic N) is 2. The Bertz CT molecular complexity index is 712. The van der Waals surface area contributed by atoms with Crippen molar-refractivity contribution in [3.05, 3.63) is 35.3 Å².